The van der Waals surface area contributed by atoms with Crippen LogP contribution in [0.15, 0.2) is 24.3 Å². The normalized spacial score (nSPS) is 8.44. The van der Waals surface area contributed by atoms with Crippen LogP contribution in [-0.4, -0.2) is 17.7 Å². The molecular weight excluding hydrogens is 206 g/mol. The van der Waals surface area contributed by atoms with Gasteiger partial charge < -0.3 is 9.84 Å². The highest BCUT2D eigenvalue weighted by molar-refractivity contribution is 5.68. The highest BCUT2D eigenvalue weighted by atomic mass is 16.5. The number of carboxylic acids is 1. The summed E-state index contributed by atoms with van der Waals surface area (Å²) in [5.74, 6) is 4.93. The van der Waals surface area contributed by atoms with Crippen LogP contribution >= 0.6 is 0 Å². The van der Waals surface area contributed by atoms with Crippen LogP contribution in [0.3, 0.4) is 0 Å². The van der Waals surface area contributed by atoms with Gasteiger partial charge in [-0.1, -0.05) is 11.8 Å². The quantitative estimate of drug-likeness (QED) is 0.774. The van der Waals surface area contributed by atoms with Crippen molar-refractivity contribution < 1.29 is 14.6 Å². The van der Waals surface area contributed by atoms with E-state index in [1.165, 1.54) is 0 Å². The standard InChI is InChI=1S/C12H9NO3/c13-8-2-1-3-10-4-6-11(7-5-10)16-9-12(14)15/h4-7H,2,9H2,(H,14,15). The van der Waals surface area contributed by atoms with Gasteiger partial charge in [0.15, 0.2) is 6.61 Å². The molecule has 0 bridgehead atoms. The van der Waals surface area contributed by atoms with Crippen LogP contribution in [-0.2, 0) is 4.79 Å². The molecule has 4 heteroatoms. The van der Waals surface area contributed by atoms with Gasteiger partial charge in [-0.2, -0.15) is 5.26 Å². The summed E-state index contributed by atoms with van der Waals surface area (Å²) >= 11 is 0. The number of carboxylic acid groups (broad SMARTS) is 1. The number of nitrogens with zero attached hydrogens (tertiary/aromatic N) is 1. The highest BCUT2D eigenvalue weighted by Crippen LogP contribution is 2.11. The Morgan fingerprint density at radius 3 is 2.62 bits per heavy atom. The third-order valence-corrected chi connectivity index (χ3v) is 1.62. The summed E-state index contributed by atoms with van der Waals surface area (Å²) in [6.07, 6.45) is 0.192. The van der Waals surface area contributed by atoms with E-state index in [0.717, 1.165) is 5.56 Å². The Kier molecular flexibility index (Phi) is 4.43. The second kappa shape index (κ2) is 6.10. The first kappa shape index (κ1) is 11.6. The van der Waals surface area contributed by atoms with E-state index in [1.54, 1.807) is 24.3 Å². The summed E-state index contributed by atoms with van der Waals surface area (Å²) in [6.45, 7) is -0.362. The second-order valence-corrected chi connectivity index (χ2v) is 2.84. The van der Waals surface area contributed by atoms with Crippen LogP contribution in [0.5, 0.6) is 5.75 Å². The molecule has 0 spiro atoms. The van der Waals surface area contributed by atoms with Crippen LogP contribution in [0, 0.1) is 23.2 Å². The SMILES string of the molecule is N#CCC#Cc1ccc(OCC(=O)O)cc1. The van der Waals surface area contributed by atoms with Crippen LogP contribution in [0.2, 0.25) is 0 Å². The maximum absolute atomic E-state index is 10.2. The minimum atomic E-state index is -1.02. The van der Waals surface area contributed by atoms with Gasteiger partial charge in [-0.15, -0.1) is 0 Å². The molecule has 0 fully saturated rings. The molecule has 0 aliphatic rings. The fourth-order valence-electron chi connectivity index (χ4n) is 0.965. The third-order valence-electron chi connectivity index (χ3n) is 1.62. The van der Waals surface area contributed by atoms with E-state index in [0.29, 0.717) is 5.75 Å². The van der Waals surface area contributed by atoms with E-state index in [9.17, 15) is 4.79 Å². The molecule has 0 aliphatic carbocycles. The minimum absolute atomic E-state index is 0.192. The molecule has 1 N–H and O–H groups in total. The number of ether oxygens (including phenoxy) is 1. The van der Waals surface area contributed by atoms with Gasteiger partial charge in [0.25, 0.3) is 0 Å². The van der Waals surface area contributed by atoms with Gasteiger partial charge >= 0.3 is 5.97 Å². The van der Waals surface area contributed by atoms with Gasteiger partial charge in [0, 0.05) is 5.56 Å². The number of aliphatic carboxylic acids is 1. The molecule has 0 radical (unpaired) electrons. The predicted octanol–water partition coefficient (Wildman–Crippen LogP) is 1.42. The molecule has 4 nitrogen and oxygen atoms in total. The summed E-state index contributed by atoms with van der Waals surface area (Å²) in [7, 11) is 0. The molecule has 0 saturated heterocycles. The second-order valence-electron chi connectivity index (χ2n) is 2.84. The Morgan fingerprint density at radius 2 is 2.06 bits per heavy atom. The largest absolute Gasteiger partial charge is 0.482 e. The maximum Gasteiger partial charge on any atom is 0.341 e. The molecule has 1 aromatic rings. The Hall–Kier alpha value is -2.46. The van der Waals surface area contributed by atoms with E-state index >= 15 is 0 Å². The van der Waals surface area contributed by atoms with Gasteiger partial charge in [-0.05, 0) is 24.3 Å². The molecule has 0 atom stereocenters. The van der Waals surface area contributed by atoms with Crippen molar-refractivity contribution in [2.75, 3.05) is 6.61 Å². The molecule has 1 aromatic carbocycles. The molecule has 0 amide bonds. The number of hydrogen-bond acceptors (Lipinski definition) is 3. The zero-order valence-corrected chi connectivity index (χ0v) is 8.43. The predicted molar refractivity (Wildman–Crippen MR) is 56.7 cm³/mol. The lowest BCUT2D eigenvalue weighted by Gasteiger charge is -2.01. The number of rotatable bonds is 3. The third kappa shape index (κ3) is 4.17. The summed E-state index contributed by atoms with van der Waals surface area (Å²) in [4.78, 5) is 10.2. The maximum atomic E-state index is 10.2. The first-order chi connectivity index (χ1) is 7.72. The zero-order valence-electron chi connectivity index (χ0n) is 8.43. The van der Waals surface area contributed by atoms with Gasteiger partial charge in [0.2, 0.25) is 0 Å². The fraction of sp³-hybridized carbons (Fsp3) is 0.167. The Bertz CT molecular complexity index is 460. The van der Waals surface area contributed by atoms with Crippen LogP contribution in [0.25, 0.3) is 0 Å². The average molecular weight is 215 g/mol. The van der Waals surface area contributed by atoms with E-state index in [1.807, 2.05) is 6.07 Å². The Balaban J connectivity index is 2.59. The lowest BCUT2D eigenvalue weighted by atomic mass is 10.2. The van der Waals surface area contributed by atoms with Crippen molar-refractivity contribution in [3.05, 3.63) is 29.8 Å². The van der Waals surface area contributed by atoms with E-state index in [4.69, 9.17) is 15.1 Å². The van der Waals surface area contributed by atoms with Crippen molar-refractivity contribution in [1.82, 2.24) is 0 Å². The summed E-state index contributed by atoms with van der Waals surface area (Å²) < 4.78 is 4.95. The monoisotopic (exact) mass is 215 g/mol. The van der Waals surface area contributed by atoms with Crippen molar-refractivity contribution in [2.24, 2.45) is 0 Å². The molecule has 16 heavy (non-hydrogen) atoms. The van der Waals surface area contributed by atoms with Crippen molar-refractivity contribution in [2.45, 2.75) is 6.42 Å². The van der Waals surface area contributed by atoms with Crippen LogP contribution in [0.4, 0.5) is 0 Å². The molecule has 0 aliphatic heterocycles. The molecule has 80 valence electrons. The highest BCUT2D eigenvalue weighted by Gasteiger charge is 1.98. The van der Waals surface area contributed by atoms with Gasteiger partial charge in [0.05, 0.1) is 12.5 Å². The fourth-order valence-corrected chi connectivity index (χ4v) is 0.965. The molecule has 0 unspecified atom stereocenters. The topological polar surface area (TPSA) is 70.3 Å². The smallest absolute Gasteiger partial charge is 0.341 e. The number of nitriles is 1. The van der Waals surface area contributed by atoms with E-state index < -0.39 is 5.97 Å². The van der Waals surface area contributed by atoms with Crippen molar-refractivity contribution in [3.8, 4) is 23.7 Å². The number of hydrogen-bond donors (Lipinski definition) is 1. The van der Waals surface area contributed by atoms with Crippen LogP contribution in [0.1, 0.15) is 12.0 Å². The first-order valence-corrected chi connectivity index (χ1v) is 4.53. The Morgan fingerprint density at radius 1 is 1.38 bits per heavy atom. The van der Waals surface area contributed by atoms with Crippen molar-refractivity contribution >= 4 is 5.97 Å². The summed E-state index contributed by atoms with van der Waals surface area (Å²) in [5, 5.41) is 16.7. The average Bonchev–Trinajstić information content (AvgIpc) is 2.28. The van der Waals surface area contributed by atoms with Crippen molar-refractivity contribution in [3.63, 3.8) is 0 Å². The minimum Gasteiger partial charge on any atom is -0.482 e. The van der Waals surface area contributed by atoms with E-state index in [2.05, 4.69) is 11.8 Å². The van der Waals surface area contributed by atoms with Crippen molar-refractivity contribution in [1.29, 1.82) is 5.26 Å². The molecule has 0 heterocycles. The first-order valence-electron chi connectivity index (χ1n) is 4.53. The Labute approximate surface area is 93.1 Å². The van der Waals surface area contributed by atoms with Crippen LogP contribution < -0.4 is 4.74 Å². The lowest BCUT2D eigenvalue weighted by Crippen LogP contribution is -2.09. The molecule has 1 rings (SSSR count). The molecule has 0 saturated carbocycles. The summed E-state index contributed by atoms with van der Waals surface area (Å²) in [5.41, 5.74) is 0.762. The zero-order chi connectivity index (χ0) is 11.8. The van der Waals surface area contributed by atoms with Gasteiger partial charge in [-0.3, -0.25) is 0 Å². The molecular formula is C12H9NO3. The van der Waals surface area contributed by atoms with Gasteiger partial charge in [0.1, 0.15) is 5.75 Å². The van der Waals surface area contributed by atoms with Gasteiger partial charge in [-0.25, -0.2) is 4.79 Å². The molecule has 0 aromatic heterocycles. The number of carbonyl (C=O) groups is 1. The lowest BCUT2D eigenvalue weighted by molar-refractivity contribution is -0.139. The van der Waals surface area contributed by atoms with E-state index in [-0.39, 0.29) is 13.0 Å². The summed E-state index contributed by atoms with van der Waals surface area (Å²) in [6, 6.07) is 8.61. The number of benzene rings is 1.